The second-order valence-corrected chi connectivity index (χ2v) is 5.34. The smallest absolute Gasteiger partial charge is 0.231 e. The van der Waals surface area contributed by atoms with Crippen molar-refractivity contribution in [3.05, 3.63) is 11.7 Å². The molecule has 96 valence electrons. The van der Waals surface area contributed by atoms with E-state index in [1.54, 1.807) is 0 Å². The minimum atomic E-state index is 0.275. The Balaban J connectivity index is 1.94. The van der Waals surface area contributed by atoms with Gasteiger partial charge < -0.3 is 9.84 Å². The van der Waals surface area contributed by atoms with Gasteiger partial charge in [0.25, 0.3) is 0 Å². The van der Waals surface area contributed by atoms with Crippen molar-refractivity contribution in [2.75, 3.05) is 6.54 Å². The van der Waals surface area contributed by atoms with Crippen LogP contribution in [-0.4, -0.2) is 22.7 Å². The van der Waals surface area contributed by atoms with Crippen molar-refractivity contribution in [2.45, 2.75) is 58.4 Å². The van der Waals surface area contributed by atoms with Crippen LogP contribution in [0.5, 0.6) is 0 Å². The van der Waals surface area contributed by atoms with E-state index in [4.69, 9.17) is 4.52 Å². The van der Waals surface area contributed by atoms with Gasteiger partial charge in [-0.05, 0) is 32.2 Å². The Morgan fingerprint density at radius 2 is 2.18 bits per heavy atom. The summed E-state index contributed by atoms with van der Waals surface area (Å²) in [5.74, 6) is 3.22. The summed E-state index contributed by atoms with van der Waals surface area (Å²) in [6.45, 7) is 9.75. The molecule has 1 aliphatic rings. The summed E-state index contributed by atoms with van der Waals surface area (Å²) in [6, 6.07) is 0.375. The molecule has 0 spiro atoms. The van der Waals surface area contributed by atoms with Crippen LogP contribution in [0.4, 0.5) is 0 Å². The Morgan fingerprint density at radius 1 is 1.47 bits per heavy atom. The lowest BCUT2D eigenvalue weighted by Crippen LogP contribution is -2.31. The fourth-order valence-corrected chi connectivity index (χ4v) is 2.03. The number of rotatable bonds is 6. The van der Waals surface area contributed by atoms with Gasteiger partial charge in [-0.3, -0.25) is 0 Å². The van der Waals surface area contributed by atoms with E-state index >= 15 is 0 Å². The molecule has 4 heteroatoms. The first-order chi connectivity index (χ1) is 8.13. The van der Waals surface area contributed by atoms with Gasteiger partial charge in [0.15, 0.2) is 5.82 Å². The Morgan fingerprint density at radius 3 is 2.76 bits per heavy atom. The molecule has 1 N–H and O–H groups in total. The van der Waals surface area contributed by atoms with Gasteiger partial charge in [-0.1, -0.05) is 25.9 Å². The lowest BCUT2D eigenvalue weighted by atomic mass is 10.0. The SMILES string of the molecule is CCCNC(C)C(C)c1nc(C2CC2C)no1. The number of aromatic nitrogens is 2. The van der Waals surface area contributed by atoms with Gasteiger partial charge in [0.05, 0.1) is 5.92 Å². The Bertz CT molecular complexity index is 363. The van der Waals surface area contributed by atoms with E-state index in [-0.39, 0.29) is 5.92 Å². The van der Waals surface area contributed by atoms with Gasteiger partial charge in [-0.2, -0.15) is 4.98 Å². The average molecular weight is 237 g/mol. The molecule has 1 heterocycles. The highest BCUT2D eigenvalue weighted by Gasteiger charge is 2.38. The molecule has 2 rings (SSSR count). The van der Waals surface area contributed by atoms with Gasteiger partial charge in [0, 0.05) is 12.0 Å². The van der Waals surface area contributed by atoms with E-state index in [2.05, 4.69) is 43.2 Å². The average Bonchev–Trinajstić information content (AvgIpc) is 2.87. The van der Waals surface area contributed by atoms with E-state index in [0.717, 1.165) is 30.6 Å². The van der Waals surface area contributed by atoms with Crippen LogP contribution in [0.25, 0.3) is 0 Å². The first kappa shape index (κ1) is 12.6. The topological polar surface area (TPSA) is 51.0 Å². The maximum atomic E-state index is 5.38. The predicted molar refractivity (Wildman–Crippen MR) is 67.0 cm³/mol. The second-order valence-electron chi connectivity index (χ2n) is 5.34. The highest BCUT2D eigenvalue weighted by Crippen LogP contribution is 2.45. The molecule has 17 heavy (non-hydrogen) atoms. The molecule has 0 radical (unpaired) electrons. The first-order valence-corrected chi connectivity index (χ1v) is 6.70. The van der Waals surface area contributed by atoms with Crippen LogP contribution in [0, 0.1) is 5.92 Å². The Kier molecular flexibility index (Phi) is 3.82. The summed E-state index contributed by atoms with van der Waals surface area (Å²) in [5.41, 5.74) is 0. The van der Waals surface area contributed by atoms with E-state index in [9.17, 15) is 0 Å². The van der Waals surface area contributed by atoms with Crippen LogP contribution >= 0.6 is 0 Å². The molecule has 4 atom stereocenters. The molecule has 1 fully saturated rings. The van der Waals surface area contributed by atoms with Crippen LogP contribution in [0.15, 0.2) is 4.52 Å². The van der Waals surface area contributed by atoms with E-state index in [1.807, 2.05) is 0 Å². The predicted octanol–water partition coefficient (Wildman–Crippen LogP) is 2.68. The number of hydrogen-bond donors (Lipinski definition) is 1. The third-order valence-electron chi connectivity index (χ3n) is 3.75. The molecule has 0 aliphatic heterocycles. The van der Waals surface area contributed by atoms with Crippen LogP contribution in [0.2, 0.25) is 0 Å². The number of nitrogens with one attached hydrogen (secondary N) is 1. The zero-order valence-corrected chi connectivity index (χ0v) is 11.2. The molecule has 0 aromatic carbocycles. The van der Waals surface area contributed by atoms with E-state index in [1.165, 1.54) is 6.42 Å². The molecule has 1 aliphatic carbocycles. The highest BCUT2D eigenvalue weighted by atomic mass is 16.5. The molecule has 4 unspecified atom stereocenters. The molecule has 0 bridgehead atoms. The molecule has 0 amide bonds. The third kappa shape index (κ3) is 2.86. The van der Waals surface area contributed by atoms with Crippen molar-refractivity contribution in [1.29, 1.82) is 0 Å². The maximum absolute atomic E-state index is 5.38. The normalized spacial score (nSPS) is 26.8. The van der Waals surface area contributed by atoms with Crippen LogP contribution in [-0.2, 0) is 0 Å². The minimum absolute atomic E-state index is 0.275. The van der Waals surface area contributed by atoms with Gasteiger partial charge >= 0.3 is 0 Å². The summed E-state index contributed by atoms with van der Waals surface area (Å²) >= 11 is 0. The van der Waals surface area contributed by atoms with Gasteiger partial charge in [-0.25, -0.2) is 0 Å². The summed E-state index contributed by atoms with van der Waals surface area (Å²) in [6.07, 6.45) is 2.35. The summed E-state index contributed by atoms with van der Waals surface area (Å²) in [5, 5.41) is 7.56. The highest BCUT2D eigenvalue weighted by molar-refractivity contribution is 5.09. The van der Waals surface area contributed by atoms with Crippen molar-refractivity contribution in [2.24, 2.45) is 5.92 Å². The zero-order valence-electron chi connectivity index (χ0n) is 11.2. The number of hydrogen-bond acceptors (Lipinski definition) is 4. The summed E-state index contributed by atoms with van der Waals surface area (Å²) in [7, 11) is 0. The molecular formula is C13H23N3O. The monoisotopic (exact) mass is 237 g/mol. The van der Waals surface area contributed by atoms with Crippen molar-refractivity contribution >= 4 is 0 Å². The Hall–Kier alpha value is -0.900. The van der Waals surface area contributed by atoms with Crippen molar-refractivity contribution in [3.63, 3.8) is 0 Å². The molecular weight excluding hydrogens is 214 g/mol. The van der Waals surface area contributed by atoms with E-state index in [0.29, 0.717) is 12.0 Å². The van der Waals surface area contributed by atoms with Crippen molar-refractivity contribution < 1.29 is 4.52 Å². The van der Waals surface area contributed by atoms with Crippen LogP contribution < -0.4 is 5.32 Å². The molecule has 4 nitrogen and oxygen atoms in total. The van der Waals surface area contributed by atoms with Gasteiger partial charge in [-0.15, -0.1) is 0 Å². The quantitative estimate of drug-likeness (QED) is 0.826. The first-order valence-electron chi connectivity index (χ1n) is 6.70. The molecule has 1 saturated carbocycles. The standard InChI is InChI=1S/C13H23N3O/c1-5-6-14-10(4)9(3)13-15-12(16-17-13)11-7-8(11)2/h8-11,14H,5-7H2,1-4H3. The van der Waals surface area contributed by atoms with Crippen molar-refractivity contribution in [1.82, 2.24) is 15.5 Å². The lowest BCUT2D eigenvalue weighted by Gasteiger charge is -2.17. The fraction of sp³-hybridized carbons (Fsp3) is 0.846. The van der Waals surface area contributed by atoms with Gasteiger partial charge in [0.1, 0.15) is 0 Å². The third-order valence-corrected chi connectivity index (χ3v) is 3.75. The molecule has 1 aromatic heterocycles. The maximum Gasteiger partial charge on any atom is 0.231 e. The lowest BCUT2D eigenvalue weighted by molar-refractivity contribution is 0.328. The van der Waals surface area contributed by atoms with Crippen LogP contribution in [0.3, 0.4) is 0 Å². The largest absolute Gasteiger partial charge is 0.339 e. The summed E-state index contributed by atoms with van der Waals surface area (Å²) in [4.78, 5) is 4.53. The number of nitrogens with zero attached hydrogens (tertiary/aromatic N) is 2. The van der Waals surface area contributed by atoms with Gasteiger partial charge in [0.2, 0.25) is 5.89 Å². The van der Waals surface area contributed by atoms with Crippen molar-refractivity contribution in [3.8, 4) is 0 Å². The molecule has 0 saturated heterocycles. The zero-order chi connectivity index (χ0) is 12.4. The minimum Gasteiger partial charge on any atom is -0.339 e. The molecule has 1 aromatic rings. The fourth-order valence-electron chi connectivity index (χ4n) is 2.03. The Labute approximate surface area is 103 Å². The second kappa shape index (κ2) is 5.17. The van der Waals surface area contributed by atoms with Crippen LogP contribution in [0.1, 0.15) is 64.1 Å². The summed E-state index contributed by atoms with van der Waals surface area (Å²) < 4.78 is 5.38. The van der Waals surface area contributed by atoms with E-state index < -0.39 is 0 Å².